The van der Waals surface area contributed by atoms with Gasteiger partial charge in [-0.05, 0) is 30.2 Å². The second kappa shape index (κ2) is 9.90. The SMILES string of the molecule is Cc1ccc(CC(F)(F)CN2C(=O)CC(=O)N(CC(F)(F)Cc3ccc(C(F)(F)F)cc3)C2=O)cc1. The minimum absolute atomic E-state index is 0.0213. The van der Waals surface area contributed by atoms with E-state index in [0.29, 0.717) is 12.1 Å². The number of barbiturate groups is 1. The molecule has 0 N–H and O–H groups in total. The van der Waals surface area contributed by atoms with Crippen molar-refractivity contribution in [3.8, 4) is 0 Å². The average molecular weight is 518 g/mol. The summed E-state index contributed by atoms with van der Waals surface area (Å²) < 4.78 is 96.5. The van der Waals surface area contributed by atoms with E-state index in [1.807, 2.05) is 0 Å². The third kappa shape index (κ3) is 6.82. The number of nitrogens with zero attached hydrogens (tertiary/aromatic N) is 2. The Bertz CT molecular complexity index is 1130. The first-order valence-electron chi connectivity index (χ1n) is 10.7. The van der Waals surface area contributed by atoms with Crippen LogP contribution in [0.2, 0.25) is 0 Å². The van der Waals surface area contributed by atoms with Crippen molar-refractivity contribution in [2.24, 2.45) is 0 Å². The van der Waals surface area contributed by atoms with Gasteiger partial charge < -0.3 is 0 Å². The molecule has 0 atom stereocenters. The highest BCUT2D eigenvalue weighted by Crippen LogP contribution is 2.31. The van der Waals surface area contributed by atoms with Crippen molar-refractivity contribution in [2.45, 2.75) is 44.2 Å². The van der Waals surface area contributed by atoms with E-state index in [4.69, 9.17) is 0 Å². The van der Waals surface area contributed by atoms with Crippen molar-refractivity contribution >= 4 is 17.8 Å². The summed E-state index contributed by atoms with van der Waals surface area (Å²) in [6.45, 7) is -1.18. The van der Waals surface area contributed by atoms with Crippen molar-refractivity contribution in [2.75, 3.05) is 13.1 Å². The van der Waals surface area contributed by atoms with Crippen LogP contribution in [0.3, 0.4) is 0 Å². The van der Waals surface area contributed by atoms with Gasteiger partial charge in [-0.3, -0.25) is 19.4 Å². The molecule has 1 aliphatic heterocycles. The highest BCUT2D eigenvalue weighted by molar-refractivity contribution is 6.14. The van der Waals surface area contributed by atoms with E-state index in [0.717, 1.165) is 17.7 Å². The maximum absolute atomic E-state index is 14.6. The summed E-state index contributed by atoms with van der Waals surface area (Å²) in [5.74, 6) is -9.93. The topological polar surface area (TPSA) is 57.7 Å². The highest BCUT2D eigenvalue weighted by Gasteiger charge is 2.46. The van der Waals surface area contributed by atoms with Crippen LogP contribution in [0.15, 0.2) is 48.5 Å². The molecule has 1 saturated heterocycles. The van der Waals surface area contributed by atoms with Gasteiger partial charge in [0.25, 0.3) is 11.8 Å². The first-order chi connectivity index (χ1) is 16.6. The van der Waals surface area contributed by atoms with E-state index in [-0.39, 0.29) is 20.9 Å². The number of rotatable bonds is 8. The Morgan fingerprint density at radius 2 is 1.06 bits per heavy atom. The fourth-order valence-corrected chi connectivity index (χ4v) is 3.68. The third-order valence-corrected chi connectivity index (χ3v) is 5.47. The van der Waals surface area contributed by atoms with Gasteiger partial charge in [0.1, 0.15) is 6.42 Å². The molecule has 1 aliphatic rings. The van der Waals surface area contributed by atoms with Gasteiger partial charge in [0, 0.05) is 12.8 Å². The van der Waals surface area contributed by atoms with Gasteiger partial charge in [0.05, 0.1) is 18.7 Å². The van der Waals surface area contributed by atoms with Crippen LogP contribution in [0.25, 0.3) is 0 Å². The molecule has 0 bridgehead atoms. The molecule has 4 amide bonds. The van der Waals surface area contributed by atoms with Crippen LogP contribution in [-0.4, -0.2) is 52.6 Å². The summed E-state index contributed by atoms with van der Waals surface area (Å²) >= 11 is 0. The van der Waals surface area contributed by atoms with Crippen molar-refractivity contribution in [3.05, 3.63) is 70.8 Å². The summed E-state index contributed by atoms with van der Waals surface area (Å²) in [7, 11) is 0. The highest BCUT2D eigenvalue weighted by atomic mass is 19.4. The number of benzene rings is 2. The minimum Gasteiger partial charge on any atom is -0.274 e. The molecule has 1 fully saturated rings. The van der Waals surface area contributed by atoms with E-state index in [1.54, 1.807) is 19.1 Å². The van der Waals surface area contributed by atoms with Crippen LogP contribution in [0.4, 0.5) is 35.5 Å². The monoisotopic (exact) mass is 518 g/mol. The first kappa shape index (κ1) is 27.2. The number of carbonyl (C=O) groups excluding carboxylic acids is 3. The lowest BCUT2D eigenvalue weighted by molar-refractivity contribution is -0.149. The lowest BCUT2D eigenvalue weighted by atomic mass is 10.0. The molecule has 0 saturated carbocycles. The van der Waals surface area contributed by atoms with Crippen LogP contribution in [0.1, 0.15) is 28.7 Å². The number of amides is 4. The summed E-state index contributed by atoms with van der Waals surface area (Å²) in [6, 6.07) is 7.37. The fraction of sp³-hybridized carbons (Fsp3) is 0.375. The molecule has 2 aromatic rings. The van der Waals surface area contributed by atoms with Gasteiger partial charge in [0.15, 0.2) is 0 Å². The van der Waals surface area contributed by atoms with Gasteiger partial charge >= 0.3 is 12.2 Å². The largest absolute Gasteiger partial charge is 0.416 e. The Morgan fingerprint density at radius 1 is 0.667 bits per heavy atom. The van der Waals surface area contributed by atoms with E-state index in [1.165, 1.54) is 12.1 Å². The predicted octanol–water partition coefficient (Wildman–Crippen LogP) is 5.25. The Labute approximate surface area is 201 Å². The number of imide groups is 2. The molecular weight excluding hydrogens is 497 g/mol. The lowest BCUT2D eigenvalue weighted by Crippen LogP contribution is -2.60. The van der Waals surface area contributed by atoms with Gasteiger partial charge in [-0.1, -0.05) is 42.0 Å². The van der Waals surface area contributed by atoms with Crippen LogP contribution in [-0.2, 0) is 28.6 Å². The van der Waals surface area contributed by atoms with E-state index in [2.05, 4.69) is 0 Å². The van der Waals surface area contributed by atoms with Crippen molar-refractivity contribution < 1.29 is 45.1 Å². The average Bonchev–Trinajstić information content (AvgIpc) is 2.75. The molecular formula is C24H21F7N2O3. The van der Waals surface area contributed by atoms with E-state index < -0.39 is 73.8 Å². The number of hydrogen-bond donors (Lipinski definition) is 0. The zero-order chi connectivity index (χ0) is 26.9. The van der Waals surface area contributed by atoms with Crippen LogP contribution in [0, 0.1) is 6.92 Å². The summed E-state index contributed by atoms with van der Waals surface area (Å²) in [6.07, 6.45) is -7.67. The molecule has 3 rings (SSSR count). The van der Waals surface area contributed by atoms with E-state index >= 15 is 0 Å². The number of aryl methyl sites for hydroxylation is 1. The number of carbonyl (C=O) groups is 3. The molecule has 0 aliphatic carbocycles. The van der Waals surface area contributed by atoms with Crippen LogP contribution in [0.5, 0.6) is 0 Å². The second-order valence-electron chi connectivity index (χ2n) is 8.66. The quantitative estimate of drug-likeness (QED) is 0.354. The van der Waals surface area contributed by atoms with Crippen molar-refractivity contribution in [1.29, 1.82) is 0 Å². The molecule has 12 heteroatoms. The summed E-state index contributed by atoms with van der Waals surface area (Å²) in [5, 5.41) is 0. The second-order valence-corrected chi connectivity index (χ2v) is 8.66. The van der Waals surface area contributed by atoms with Gasteiger partial charge in [-0.25, -0.2) is 22.4 Å². The normalized spacial score (nSPS) is 15.6. The van der Waals surface area contributed by atoms with Crippen LogP contribution < -0.4 is 0 Å². The summed E-state index contributed by atoms with van der Waals surface area (Å²) in [5.41, 5.74) is -0.201. The molecule has 0 unspecified atom stereocenters. The number of urea groups is 1. The van der Waals surface area contributed by atoms with Crippen LogP contribution >= 0.6 is 0 Å². The standard InChI is InChI=1S/C24H21F7N2O3/c1-15-2-4-16(5-3-15)11-22(25,26)13-32-19(34)10-20(35)33(21(32)36)14-23(27,28)12-17-6-8-18(9-7-17)24(29,30)31/h2-9H,10-14H2,1H3. The van der Waals surface area contributed by atoms with Gasteiger partial charge in [-0.2, -0.15) is 13.2 Å². The molecule has 194 valence electrons. The smallest absolute Gasteiger partial charge is 0.274 e. The zero-order valence-electron chi connectivity index (χ0n) is 18.9. The maximum atomic E-state index is 14.6. The predicted molar refractivity (Wildman–Crippen MR) is 113 cm³/mol. The number of alkyl halides is 7. The molecule has 0 radical (unpaired) electrons. The van der Waals surface area contributed by atoms with Crippen molar-refractivity contribution in [3.63, 3.8) is 0 Å². The lowest BCUT2D eigenvalue weighted by Gasteiger charge is -2.36. The molecule has 2 aromatic carbocycles. The minimum atomic E-state index is -4.66. The third-order valence-electron chi connectivity index (χ3n) is 5.47. The summed E-state index contributed by atoms with van der Waals surface area (Å²) in [4.78, 5) is 37.0. The number of hydrogen-bond acceptors (Lipinski definition) is 3. The fourth-order valence-electron chi connectivity index (χ4n) is 3.68. The Balaban J connectivity index is 1.70. The first-order valence-corrected chi connectivity index (χ1v) is 10.7. The molecule has 0 aromatic heterocycles. The Kier molecular flexibility index (Phi) is 7.47. The van der Waals surface area contributed by atoms with Gasteiger partial charge in [-0.15, -0.1) is 0 Å². The molecule has 0 spiro atoms. The Morgan fingerprint density at radius 3 is 1.44 bits per heavy atom. The maximum Gasteiger partial charge on any atom is 0.416 e. The van der Waals surface area contributed by atoms with Crippen molar-refractivity contribution in [1.82, 2.24) is 9.80 Å². The van der Waals surface area contributed by atoms with Gasteiger partial charge in [0.2, 0.25) is 11.8 Å². The zero-order valence-corrected chi connectivity index (χ0v) is 18.9. The molecule has 5 nitrogen and oxygen atoms in total. The Hall–Kier alpha value is -3.44. The number of halogens is 7. The van der Waals surface area contributed by atoms with E-state index in [9.17, 15) is 45.1 Å². The molecule has 36 heavy (non-hydrogen) atoms. The molecule has 1 heterocycles.